The van der Waals surface area contributed by atoms with Crippen LogP contribution >= 0.6 is 0 Å². The van der Waals surface area contributed by atoms with E-state index in [1.807, 2.05) is 0 Å². The Morgan fingerprint density at radius 3 is 2.33 bits per heavy atom. The zero-order valence-corrected chi connectivity index (χ0v) is 12.6. The summed E-state index contributed by atoms with van der Waals surface area (Å²) in [4.78, 5) is 0. The molecule has 1 aromatic rings. The number of rotatable bonds is 5. The standard InChI is InChI=1S/C16H24OSi/c1-3-18(4-2,16-13-9-6-10-14-16)17-15-11-7-5-8-12-15/h6,9-11,13-14H,3-5,7-8,12H2,1-2H3. The molecule has 0 amide bonds. The van der Waals surface area contributed by atoms with E-state index in [4.69, 9.17) is 4.43 Å². The Hall–Kier alpha value is -1.02. The highest BCUT2D eigenvalue weighted by molar-refractivity contribution is 6.86. The molecule has 2 rings (SSSR count). The van der Waals surface area contributed by atoms with Crippen molar-refractivity contribution < 1.29 is 4.43 Å². The predicted molar refractivity (Wildman–Crippen MR) is 80.4 cm³/mol. The lowest BCUT2D eigenvalue weighted by Crippen LogP contribution is -2.49. The summed E-state index contributed by atoms with van der Waals surface area (Å²) < 4.78 is 6.56. The van der Waals surface area contributed by atoms with Gasteiger partial charge < -0.3 is 4.43 Å². The molecule has 1 aliphatic rings. The van der Waals surface area contributed by atoms with Gasteiger partial charge in [0, 0.05) is 6.42 Å². The van der Waals surface area contributed by atoms with Crippen LogP contribution in [0.4, 0.5) is 0 Å². The van der Waals surface area contributed by atoms with E-state index < -0.39 is 8.32 Å². The lowest BCUT2D eigenvalue weighted by molar-refractivity contribution is 0.375. The highest BCUT2D eigenvalue weighted by Gasteiger charge is 2.35. The summed E-state index contributed by atoms with van der Waals surface area (Å²) in [6.07, 6.45) is 7.27. The van der Waals surface area contributed by atoms with E-state index in [-0.39, 0.29) is 0 Å². The van der Waals surface area contributed by atoms with Gasteiger partial charge in [-0.05, 0) is 42.6 Å². The van der Waals surface area contributed by atoms with Crippen molar-refractivity contribution in [1.82, 2.24) is 0 Å². The van der Waals surface area contributed by atoms with E-state index >= 15 is 0 Å². The van der Waals surface area contributed by atoms with Crippen molar-refractivity contribution in [3.05, 3.63) is 42.2 Å². The molecular weight excluding hydrogens is 236 g/mol. The van der Waals surface area contributed by atoms with Crippen molar-refractivity contribution in [2.24, 2.45) is 0 Å². The molecule has 0 unspecified atom stereocenters. The maximum Gasteiger partial charge on any atom is 0.281 e. The fourth-order valence-electron chi connectivity index (χ4n) is 2.76. The normalized spacial score (nSPS) is 16.2. The van der Waals surface area contributed by atoms with Crippen molar-refractivity contribution in [2.45, 2.75) is 51.6 Å². The molecule has 0 heterocycles. The Bertz CT molecular complexity index is 393. The van der Waals surface area contributed by atoms with Crippen LogP contribution in [0.1, 0.15) is 39.5 Å². The number of allylic oxidation sites excluding steroid dienone is 2. The van der Waals surface area contributed by atoms with Crippen molar-refractivity contribution in [3.63, 3.8) is 0 Å². The van der Waals surface area contributed by atoms with Gasteiger partial charge >= 0.3 is 0 Å². The number of hydrogen-bond donors (Lipinski definition) is 0. The van der Waals surface area contributed by atoms with E-state index in [1.165, 1.54) is 30.2 Å². The summed E-state index contributed by atoms with van der Waals surface area (Å²) in [5, 5.41) is 1.45. The molecule has 0 N–H and O–H groups in total. The van der Waals surface area contributed by atoms with Crippen LogP contribution in [0.2, 0.25) is 12.1 Å². The van der Waals surface area contributed by atoms with Gasteiger partial charge in [0.1, 0.15) is 0 Å². The maximum absolute atomic E-state index is 6.56. The second-order valence-electron chi connectivity index (χ2n) is 5.09. The summed E-state index contributed by atoms with van der Waals surface area (Å²) in [6.45, 7) is 4.57. The fraction of sp³-hybridized carbons (Fsp3) is 0.500. The summed E-state index contributed by atoms with van der Waals surface area (Å²) in [5.74, 6) is 1.26. The van der Waals surface area contributed by atoms with Gasteiger partial charge in [-0.15, -0.1) is 0 Å². The highest BCUT2D eigenvalue weighted by Crippen LogP contribution is 2.26. The third kappa shape index (κ3) is 2.86. The first-order valence-corrected chi connectivity index (χ1v) is 9.56. The van der Waals surface area contributed by atoms with Gasteiger partial charge in [-0.3, -0.25) is 0 Å². The van der Waals surface area contributed by atoms with Crippen LogP contribution in [0.25, 0.3) is 0 Å². The molecule has 0 saturated carbocycles. The number of benzene rings is 1. The molecule has 0 aliphatic heterocycles. The van der Waals surface area contributed by atoms with Gasteiger partial charge in [-0.1, -0.05) is 44.2 Å². The molecule has 1 nitrogen and oxygen atoms in total. The van der Waals surface area contributed by atoms with E-state index in [9.17, 15) is 0 Å². The third-order valence-electron chi connectivity index (χ3n) is 4.02. The topological polar surface area (TPSA) is 9.23 Å². The van der Waals surface area contributed by atoms with Gasteiger partial charge in [0.2, 0.25) is 0 Å². The summed E-state index contributed by atoms with van der Waals surface area (Å²) >= 11 is 0. The molecule has 0 aromatic heterocycles. The molecular formula is C16H24OSi. The summed E-state index contributed by atoms with van der Waals surface area (Å²) in [7, 11) is -1.78. The smallest absolute Gasteiger partial charge is 0.281 e. The quantitative estimate of drug-likeness (QED) is 0.715. The first-order valence-electron chi connectivity index (χ1n) is 7.24. The van der Waals surface area contributed by atoms with Gasteiger partial charge in [0.15, 0.2) is 0 Å². The molecule has 0 fully saturated rings. The molecule has 1 aromatic carbocycles. The minimum atomic E-state index is -1.78. The van der Waals surface area contributed by atoms with Crippen molar-refractivity contribution >= 4 is 13.5 Å². The highest BCUT2D eigenvalue weighted by atomic mass is 28.4. The average molecular weight is 260 g/mol. The van der Waals surface area contributed by atoms with Crippen LogP contribution in [-0.4, -0.2) is 8.32 Å². The van der Waals surface area contributed by atoms with Gasteiger partial charge in [0.05, 0.1) is 5.76 Å². The summed E-state index contributed by atoms with van der Waals surface area (Å²) in [6, 6.07) is 13.2. The molecule has 98 valence electrons. The second kappa shape index (κ2) is 6.23. The van der Waals surface area contributed by atoms with Crippen LogP contribution in [0.5, 0.6) is 0 Å². The zero-order chi connectivity index (χ0) is 12.8. The predicted octanol–water partition coefficient (Wildman–Crippen LogP) is 4.35. The Morgan fingerprint density at radius 2 is 1.78 bits per heavy atom. The Balaban J connectivity index is 2.23. The lowest BCUT2D eigenvalue weighted by atomic mass is 10.1. The first-order chi connectivity index (χ1) is 8.80. The van der Waals surface area contributed by atoms with Crippen LogP contribution in [0.15, 0.2) is 42.2 Å². The largest absolute Gasteiger partial charge is 0.542 e. The molecule has 0 radical (unpaired) electrons. The molecule has 0 saturated heterocycles. The molecule has 2 heteroatoms. The van der Waals surface area contributed by atoms with E-state index in [2.05, 4.69) is 50.3 Å². The fourth-order valence-corrected chi connectivity index (χ4v) is 5.97. The van der Waals surface area contributed by atoms with Crippen LogP contribution in [-0.2, 0) is 4.43 Å². The molecule has 0 atom stereocenters. The molecule has 0 spiro atoms. The summed E-state index contributed by atoms with van der Waals surface area (Å²) in [5.41, 5.74) is 0. The third-order valence-corrected chi connectivity index (χ3v) is 8.34. The van der Waals surface area contributed by atoms with Crippen LogP contribution in [0, 0.1) is 0 Å². The minimum Gasteiger partial charge on any atom is -0.542 e. The molecule has 18 heavy (non-hydrogen) atoms. The Morgan fingerprint density at radius 1 is 1.06 bits per heavy atom. The Kier molecular flexibility index (Phi) is 4.64. The lowest BCUT2D eigenvalue weighted by Gasteiger charge is -2.33. The van der Waals surface area contributed by atoms with Gasteiger partial charge in [-0.2, -0.15) is 0 Å². The Labute approximate surface area is 112 Å². The molecule has 0 bridgehead atoms. The van der Waals surface area contributed by atoms with Crippen molar-refractivity contribution in [2.75, 3.05) is 0 Å². The number of hydrogen-bond acceptors (Lipinski definition) is 1. The zero-order valence-electron chi connectivity index (χ0n) is 11.6. The van der Waals surface area contributed by atoms with Crippen LogP contribution < -0.4 is 5.19 Å². The van der Waals surface area contributed by atoms with E-state index in [0.29, 0.717) is 0 Å². The first kappa shape index (κ1) is 13.4. The van der Waals surface area contributed by atoms with Crippen molar-refractivity contribution in [1.29, 1.82) is 0 Å². The van der Waals surface area contributed by atoms with E-state index in [1.54, 1.807) is 0 Å². The second-order valence-corrected chi connectivity index (χ2v) is 9.27. The minimum absolute atomic E-state index is 1.14. The van der Waals surface area contributed by atoms with Crippen molar-refractivity contribution in [3.8, 4) is 0 Å². The maximum atomic E-state index is 6.56. The monoisotopic (exact) mass is 260 g/mol. The average Bonchev–Trinajstić information content (AvgIpc) is 2.47. The van der Waals surface area contributed by atoms with Gasteiger partial charge in [-0.25, -0.2) is 0 Å². The molecule has 1 aliphatic carbocycles. The van der Waals surface area contributed by atoms with Gasteiger partial charge in [0.25, 0.3) is 8.32 Å². The van der Waals surface area contributed by atoms with Crippen LogP contribution in [0.3, 0.4) is 0 Å². The SMILES string of the molecule is CC[Si](CC)(OC1=CCCCC1)c1ccccc1. The van der Waals surface area contributed by atoms with E-state index in [0.717, 1.165) is 18.5 Å².